The quantitative estimate of drug-likeness (QED) is 0.620. The molecule has 0 bridgehead atoms. The topological polar surface area (TPSA) is 12.9 Å². The number of thioether (sulfide) groups is 1. The molecule has 2 heteroatoms. The lowest BCUT2D eigenvalue weighted by Gasteiger charge is -1.92. The Kier molecular flexibility index (Phi) is 2.58. The van der Waals surface area contributed by atoms with Crippen LogP contribution in [0.4, 0.5) is 0 Å². The van der Waals surface area contributed by atoms with E-state index in [0.29, 0.717) is 0 Å². The second-order valence-electron chi connectivity index (χ2n) is 1.71. The van der Waals surface area contributed by atoms with Crippen molar-refractivity contribution in [3.05, 3.63) is 36.3 Å². The molecule has 0 fully saturated rings. The molecule has 47 valence electrons. The highest BCUT2D eigenvalue weighted by Gasteiger charge is 1.85. The first-order chi connectivity index (χ1) is 4.43. The van der Waals surface area contributed by atoms with E-state index in [-0.39, 0.29) is 0 Å². The number of hydrogen-bond donors (Lipinski definition) is 0. The molecule has 0 aromatic carbocycles. The van der Waals surface area contributed by atoms with Crippen molar-refractivity contribution in [1.29, 1.82) is 0 Å². The van der Waals surface area contributed by atoms with Gasteiger partial charge < -0.3 is 0 Å². The highest BCUT2D eigenvalue weighted by molar-refractivity contribution is 7.99. The normalized spacial score (nSPS) is 9.44. The Labute approximate surface area is 59.5 Å². The van der Waals surface area contributed by atoms with Crippen LogP contribution in [0, 0.1) is 6.26 Å². The van der Waals surface area contributed by atoms with Gasteiger partial charge in [-0.15, -0.1) is 0 Å². The summed E-state index contributed by atoms with van der Waals surface area (Å²) in [5.41, 5.74) is 1.23. The molecule has 1 aromatic heterocycles. The van der Waals surface area contributed by atoms with Crippen molar-refractivity contribution in [2.24, 2.45) is 0 Å². The third-order valence-corrected chi connectivity index (χ3v) is 1.53. The smallest absolute Gasteiger partial charge is 0.0308 e. The van der Waals surface area contributed by atoms with E-state index in [1.165, 1.54) is 5.56 Å². The Morgan fingerprint density at radius 3 is 3.11 bits per heavy atom. The van der Waals surface area contributed by atoms with Crippen molar-refractivity contribution in [2.75, 3.05) is 0 Å². The van der Waals surface area contributed by atoms with Gasteiger partial charge in [0.15, 0.2) is 0 Å². The summed E-state index contributed by atoms with van der Waals surface area (Å²) < 4.78 is 0. The van der Waals surface area contributed by atoms with Crippen LogP contribution in [-0.2, 0) is 5.75 Å². The van der Waals surface area contributed by atoms with E-state index in [9.17, 15) is 0 Å². The molecule has 0 aliphatic heterocycles. The Morgan fingerprint density at radius 2 is 2.56 bits per heavy atom. The molecule has 0 aliphatic carbocycles. The third-order valence-electron chi connectivity index (χ3n) is 0.992. The van der Waals surface area contributed by atoms with E-state index in [2.05, 4.69) is 11.2 Å². The lowest BCUT2D eigenvalue weighted by molar-refractivity contribution is 1.25. The van der Waals surface area contributed by atoms with E-state index in [1.807, 2.05) is 18.3 Å². The first-order valence-corrected chi connectivity index (χ1v) is 3.85. The van der Waals surface area contributed by atoms with Crippen molar-refractivity contribution < 1.29 is 0 Å². The number of nitrogens with zero attached hydrogens (tertiary/aromatic N) is 1. The second kappa shape index (κ2) is 3.51. The van der Waals surface area contributed by atoms with Crippen LogP contribution in [0.2, 0.25) is 0 Å². The number of aromatic nitrogens is 1. The number of hydrogen-bond acceptors (Lipinski definition) is 2. The fourth-order valence-electron chi connectivity index (χ4n) is 0.601. The van der Waals surface area contributed by atoms with Crippen LogP contribution in [0.15, 0.2) is 24.5 Å². The van der Waals surface area contributed by atoms with Crippen LogP contribution in [0.1, 0.15) is 5.56 Å². The van der Waals surface area contributed by atoms with Crippen molar-refractivity contribution in [1.82, 2.24) is 4.98 Å². The molecule has 0 atom stereocenters. The molecule has 0 saturated carbocycles. The van der Waals surface area contributed by atoms with Gasteiger partial charge in [-0.2, -0.15) is 11.8 Å². The van der Waals surface area contributed by atoms with E-state index in [1.54, 1.807) is 18.0 Å². The summed E-state index contributed by atoms with van der Waals surface area (Å²) in [6, 6.07) is 3.98. The van der Waals surface area contributed by atoms with Gasteiger partial charge in [-0.3, -0.25) is 4.98 Å². The van der Waals surface area contributed by atoms with Gasteiger partial charge in [0.1, 0.15) is 0 Å². The largest absolute Gasteiger partial charge is 0.264 e. The van der Waals surface area contributed by atoms with Crippen molar-refractivity contribution in [3.63, 3.8) is 0 Å². The summed E-state index contributed by atoms with van der Waals surface area (Å²) in [4.78, 5) is 3.96. The minimum Gasteiger partial charge on any atom is -0.264 e. The third kappa shape index (κ3) is 2.06. The molecule has 1 heterocycles. The maximum Gasteiger partial charge on any atom is 0.0308 e. The zero-order valence-corrected chi connectivity index (χ0v) is 5.90. The standard InChI is InChI=1S/C7H8NS/c1-9-6-7-3-2-4-8-5-7/h2-5H,1,6H2. The van der Waals surface area contributed by atoms with E-state index in [4.69, 9.17) is 0 Å². The van der Waals surface area contributed by atoms with Gasteiger partial charge in [-0.25, -0.2) is 0 Å². The molecule has 0 amide bonds. The van der Waals surface area contributed by atoms with Crippen LogP contribution in [-0.4, -0.2) is 4.98 Å². The molecule has 1 nitrogen and oxygen atoms in total. The first kappa shape index (κ1) is 6.62. The van der Waals surface area contributed by atoms with Gasteiger partial charge in [0.25, 0.3) is 0 Å². The van der Waals surface area contributed by atoms with Crippen LogP contribution in [0.25, 0.3) is 0 Å². The average molecular weight is 138 g/mol. The van der Waals surface area contributed by atoms with Gasteiger partial charge in [0.05, 0.1) is 0 Å². The summed E-state index contributed by atoms with van der Waals surface area (Å²) >= 11 is 1.56. The molecule has 9 heavy (non-hydrogen) atoms. The molecular weight excluding hydrogens is 130 g/mol. The molecular formula is C7H8NS. The van der Waals surface area contributed by atoms with Gasteiger partial charge in [0.2, 0.25) is 0 Å². The molecule has 1 aromatic rings. The van der Waals surface area contributed by atoms with Crippen LogP contribution >= 0.6 is 11.8 Å². The van der Waals surface area contributed by atoms with Gasteiger partial charge >= 0.3 is 0 Å². The summed E-state index contributed by atoms with van der Waals surface area (Å²) in [5, 5.41) is 0. The molecule has 0 saturated heterocycles. The Balaban J connectivity index is 2.61. The SMILES string of the molecule is [CH2]SCc1cccnc1. The van der Waals surface area contributed by atoms with Gasteiger partial charge in [-0.1, -0.05) is 6.07 Å². The van der Waals surface area contributed by atoms with Crippen LogP contribution < -0.4 is 0 Å². The van der Waals surface area contributed by atoms with Gasteiger partial charge in [-0.05, 0) is 11.6 Å². The summed E-state index contributed by atoms with van der Waals surface area (Å²) in [6.45, 7) is 0. The Hall–Kier alpha value is -0.500. The Morgan fingerprint density at radius 1 is 1.67 bits per heavy atom. The maximum atomic E-state index is 3.96. The van der Waals surface area contributed by atoms with Crippen LogP contribution in [0.5, 0.6) is 0 Å². The van der Waals surface area contributed by atoms with E-state index >= 15 is 0 Å². The molecule has 0 N–H and O–H groups in total. The number of pyridine rings is 1. The maximum absolute atomic E-state index is 3.96. The predicted octanol–water partition coefficient (Wildman–Crippen LogP) is 2.11. The Bertz CT molecular complexity index is 162. The molecule has 0 spiro atoms. The number of rotatable bonds is 2. The monoisotopic (exact) mass is 138 g/mol. The average Bonchev–Trinajstić information content (AvgIpc) is 1.91. The molecule has 1 radical (unpaired) electrons. The highest BCUT2D eigenvalue weighted by atomic mass is 32.2. The summed E-state index contributed by atoms with van der Waals surface area (Å²) in [5.74, 6) is 0.952. The molecule has 0 aliphatic rings. The first-order valence-electron chi connectivity index (χ1n) is 2.69. The second-order valence-corrected chi connectivity index (χ2v) is 2.41. The molecule has 0 unspecified atom stereocenters. The zero-order chi connectivity index (χ0) is 6.53. The zero-order valence-electron chi connectivity index (χ0n) is 5.08. The lowest BCUT2D eigenvalue weighted by Crippen LogP contribution is -1.78. The molecule has 1 rings (SSSR count). The van der Waals surface area contributed by atoms with E-state index in [0.717, 1.165) is 5.75 Å². The van der Waals surface area contributed by atoms with Crippen molar-refractivity contribution >= 4 is 11.8 Å². The highest BCUT2D eigenvalue weighted by Crippen LogP contribution is 2.06. The fourth-order valence-corrected chi connectivity index (χ4v) is 1.01. The summed E-state index contributed by atoms with van der Waals surface area (Å²) in [7, 11) is 0. The predicted molar refractivity (Wildman–Crippen MR) is 40.9 cm³/mol. The van der Waals surface area contributed by atoms with Crippen molar-refractivity contribution in [3.8, 4) is 0 Å². The van der Waals surface area contributed by atoms with Crippen molar-refractivity contribution in [2.45, 2.75) is 5.75 Å². The lowest BCUT2D eigenvalue weighted by atomic mass is 10.3. The van der Waals surface area contributed by atoms with Gasteiger partial charge in [0, 0.05) is 24.4 Å². The minimum absolute atomic E-state index is 0.952. The van der Waals surface area contributed by atoms with E-state index < -0.39 is 0 Å². The summed E-state index contributed by atoms with van der Waals surface area (Å²) in [6.07, 6.45) is 7.30. The fraction of sp³-hybridized carbons (Fsp3) is 0.143. The minimum atomic E-state index is 0.952. The van der Waals surface area contributed by atoms with Crippen LogP contribution in [0.3, 0.4) is 0 Å².